The van der Waals surface area contributed by atoms with Crippen molar-refractivity contribution < 1.29 is 14.3 Å². The Morgan fingerprint density at radius 1 is 1.22 bits per heavy atom. The Morgan fingerprint density at radius 3 is 2.59 bits per heavy atom. The third kappa shape index (κ3) is 4.79. The van der Waals surface area contributed by atoms with Crippen LogP contribution < -0.4 is 10.6 Å². The molecule has 1 aliphatic rings. The summed E-state index contributed by atoms with van der Waals surface area (Å²) >= 11 is 6.15. The van der Waals surface area contributed by atoms with Crippen molar-refractivity contribution in [1.29, 1.82) is 0 Å². The number of nitrogens with one attached hydrogen (secondary N) is 2. The molecule has 3 N–H and O–H groups in total. The van der Waals surface area contributed by atoms with Gasteiger partial charge in [0.1, 0.15) is 5.82 Å². The van der Waals surface area contributed by atoms with Gasteiger partial charge in [0, 0.05) is 21.7 Å². The lowest BCUT2D eigenvalue weighted by Gasteiger charge is -2.14. The largest absolute Gasteiger partial charge is 0.385 e. The summed E-state index contributed by atoms with van der Waals surface area (Å²) in [7, 11) is 0. The predicted molar refractivity (Wildman–Crippen MR) is 123 cm³/mol. The van der Waals surface area contributed by atoms with Gasteiger partial charge in [-0.1, -0.05) is 44.5 Å². The highest BCUT2D eigenvalue weighted by molar-refractivity contribution is 6.30. The Morgan fingerprint density at radius 2 is 1.97 bits per heavy atom. The summed E-state index contributed by atoms with van der Waals surface area (Å²) in [5, 5.41) is 20.8. The lowest BCUT2D eigenvalue weighted by Crippen LogP contribution is -2.29. The molecule has 0 atom stereocenters. The molecule has 6 nitrogen and oxygen atoms in total. The van der Waals surface area contributed by atoms with E-state index in [1.165, 1.54) is 12.1 Å². The molecule has 32 heavy (non-hydrogen) atoms. The average molecular weight is 457 g/mol. The quantitative estimate of drug-likeness (QED) is 0.489. The molecule has 0 spiro atoms. The molecule has 168 valence electrons. The van der Waals surface area contributed by atoms with Crippen molar-refractivity contribution >= 4 is 23.3 Å². The molecular weight excluding hydrogens is 431 g/mol. The maximum atomic E-state index is 14.3. The summed E-state index contributed by atoms with van der Waals surface area (Å²) in [6.45, 7) is 6.41. The molecule has 4 rings (SSSR count). The van der Waals surface area contributed by atoms with Crippen LogP contribution in [0.1, 0.15) is 50.6 Å². The fourth-order valence-electron chi connectivity index (χ4n) is 3.45. The van der Waals surface area contributed by atoms with Crippen molar-refractivity contribution in [2.45, 2.75) is 51.2 Å². The number of nitrogens with zero attached hydrogens (tertiary/aromatic N) is 2. The van der Waals surface area contributed by atoms with Crippen LogP contribution in [0.5, 0.6) is 0 Å². The first-order chi connectivity index (χ1) is 15.0. The monoisotopic (exact) mass is 456 g/mol. The van der Waals surface area contributed by atoms with Crippen molar-refractivity contribution in [3.05, 3.63) is 76.3 Å². The van der Waals surface area contributed by atoms with E-state index in [0.717, 1.165) is 17.1 Å². The number of aliphatic hydroxyl groups is 1. The van der Waals surface area contributed by atoms with Crippen LogP contribution in [0.3, 0.4) is 0 Å². The molecule has 1 aromatic heterocycles. The summed E-state index contributed by atoms with van der Waals surface area (Å²) in [5.41, 5.74) is 1.80. The summed E-state index contributed by atoms with van der Waals surface area (Å²) in [6.07, 6.45) is 1.10. The molecule has 0 radical (unpaired) electrons. The van der Waals surface area contributed by atoms with Gasteiger partial charge in [-0.3, -0.25) is 0 Å². The highest BCUT2D eigenvalue weighted by Gasteiger charge is 2.44. The molecule has 2 aromatic carbocycles. The molecule has 8 heteroatoms. The second-order valence-corrected chi connectivity index (χ2v) is 9.63. The van der Waals surface area contributed by atoms with E-state index in [0.29, 0.717) is 23.6 Å². The SMILES string of the molecule is CC(C)(C)c1cc(CNC(=O)Nc2ccc(C3(O)CC3)c(F)c2)n(-c2cccc(Cl)c2)n1. The Bertz CT molecular complexity index is 1170. The molecule has 0 aliphatic heterocycles. The number of urea groups is 1. The maximum Gasteiger partial charge on any atom is 0.319 e. The highest BCUT2D eigenvalue weighted by atomic mass is 35.5. The van der Waals surface area contributed by atoms with Gasteiger partial charge in [-0.05, 0) is 49.2 Å². The maximum absolute atomic E-state index is 14.3. The van der Waals surface area contributed by atoms with Gasteiger partial charge in [-0.2, -0.15) is 5.10 Å². The standard InChI is InChI=1S/C24H26ClFN4O2/c1-23(2,3)21-13-18(30(29-21)17-6-4-5-15(25)11-17)14-27-22(31)28-16-7-8-19(20(26)12-16)24(32)9-10-24/h4-8,11-13,32H,9-10,14H2,1-3H3,(H2,27,28,31). The van der Waals surface area contributed by atoms with E-state index in [1.54, 1.807) is 16.8 Å². The van der Waals surface area contributed by atoms with E-state index < -0.39 is 17.4 Å². The molecule has 1 fully saturated rings. The zero-order valence-electron chi connectivity index (χ0n) is 18.2. The van der Waals surface area contributed by atoms with Crippen molar-refractivity contribution in [2.24, 2.45) is 0 Å². The molecule has 0 unspecified atom stereocenters. The van der Waals surface area contributed by atoms with E-state index in [9.17, 15) is 14.3 Å². The van der Waals surface area contributed by atoms with Gasteiger partial charge in [0.25, 0.3) is 0 Å². The van der Waals surface area contributed by atoms with Crippen molar-refractivity contribution in [3.63, 3.8) is 0 Å². The summed E-state index contributed by atoms with van der Waals surface area (Å²) < 4.78 is 16.1. The van der Waals surface area contributed by atoms with Gasteiger partial charge < -0.3 is 15.7 Å². The van der Waals surface area contributed by atoms with E-state index in [4.69, 9.17) is 16.7 Å². The van der Waals surface area contributed by atoms with Crippen LogP contribution in [-0.2, 0) is 17.6 Å². The number of hydrogen-bond donors (Lipinski definition) is 3. The van der Waals surface area contributed by atoms with Crippen LogP contribution in [-0.4, -0.2) is 20.9 Å². The lowest BCUT2D eigenvalue weighted by molar-refractivity contribution is 0.147. The molecule has 1 saturated carbocycles. The summed E-state index contributed by atoms with van der Waals surface area (Å²) in [6, 6.07) is 13.1. The Balaban J connectivity index is 1.49. The van der Waals surface area contributed by atoms with Crippen molar-refractivity contribution in [1.82, 2.24) is 15.1 Å². The van der Waals surface area contributed by atoms with Gasteiger partial charge in [0.05, 0.1) is 29.2 Å². The predicted octanol–water partition coefficient (Wildman–Crippen LogP) is 5.27. The van der Waals surface area contributed by atoms with Gasteiger partial charge in [-0.15, -0.1) is 0 Å². The first kappa shape index (κ1) is 22.3. The van der Waals surface area contributed by atoms with Gasteiger partial charge in [0.15, 0.2) is 0 Å². The van der Waals surface area contributed by atoms with Gasteiger partial charge in [-0.25, -0.2) is 13.9 Å². The van der Waals surface area contributed by atoms with E-state index in [2.05, 4.69) is 31.4 Å². The normalized spacial score (nSPS) is 14.8. The second-order valence-electron chi connectivity index (χ2n) is 9.20. The number of carbonyl (C=O) groups excluding carboxylic acids is 1. The number of rotatable bonds is 5. The number of benzene rings is 2. The highest BCUT2D eigenvalue weighted by Crippen LogP contribution is 2.46. The number of aromatic nitrogens is 2. The topological polar surface area (TPSA) is 79.2 Å². The van der Waals surface area contributed by atoms with Crippen molar-refractivity contribution in [3.8, 4) is 5.69 Å². The van der Waals surface area contributed by atoms with Gasteiger partial charge >= 0.3 is 6.03 Å². The van der Waals surface area contributed by atoms with Crippen LogP contribution >= 0.6 is 11.6 Å². The number of hydrogen-bond acceptors (Lipinski definition) is 3. The molecule has 3 aromatic rings. The molecule has 2 amide bonds. The Hall–Kier alpha value is -2.90. The zero-order valence-corrected chi connectivity index (χ0v) is 19.0. The lowest BCUT2D eigenvalue weighted by atomic mass is 9.92. The van der Waals surface area contributed by atoms with Crippen LogP contribution in [0, 0.1) is 5.82 Å². The fourth-order valence-corrected chi connectivity index (χ4v) is 3.63. The number of halogens is 2. The number of anilines is 1. The van der Waals surface area contributed by atoms with Crippen molar-refractivity contribution in [2.75, 3.05) is 5.32 Å². The molecule has 0 bridgehead atoms. The summed E-state index contributed by atoms with van der Waals surface area (Å²) in [4.78, 5) is 12.5. The summed E-state index contributed by atoms with van der Waals surface area (Å²) in [5.74, 6) is -0.531. The fraction of sp³-hybridized carbons (Fsp3) is 0.333. The minimum absolute atomic E-state index is 0.175. The number of amides is 2. The van der Waals surface area contributed by atoms with Crippen LogP contribution in [0.15, 0.2) is 48.5 Å². The first-order valence-electron chi connectivity index (χ1n) is 10.5. The second kappa shape index (κ2) is 8.22. The smallest absolute Gasteiger partial charge is 0.319 e. The first-order valence-corrected chi connectivity index (χ1v) is 10.9. The third-order valence-electron chi connectivity index (χ3n) is 5.49. The number of carbonyl (C=O) groups is 1. The minimum Gasteiger partial charge on any atom is -0.385 e. The van der Waals surface area contributed by atoms with Crippen LogP contribution in [0.25, 0.3) is 5.69 Å². The van der Waals surface area contributed by atoms with Crippen LogP contribution in [0.4, 0.5) is 14.9 Å². The van der Waals surface area contributed by atoms with E-state index >= 15 is 0 Å². The average Bonchev–Trinajstić information content (AvgIpc) is 3.29. The molecule has 1 aliphatic carbocycles. The Labute approximate surface area is 191 Å². The third-order valence-corrected chi connectivity index (χ3v) is 5.72. The molecule has 1 heterocycles. The van der Waals surface area contributed by atoms with E-state index in [-0.39, 0.29) is 17.5 Å². The van der Waals surface area contributed by atoms with E-state index in [1.807, 2.05) is 24.3 Å². The minimum atomic E-state index is -1.06. The molecule has 0 saturated heterocycles. The molecular formula is C24H26ClFN4O2. The zero-order chi connectivity index (χ0) is 23.1. The Kier molecular flexibility index (Phi) is 5.73. The van der Waals surface area contributed by atoms with Gasteiger partial charge in [0.2, 0.25) is 0 Å². The van der Waals surface area contributed by atoms with Crippen LogP contribution in [0.2, 0.25) is 5.02 Å².